The van der Waals surface area contributed by atoms with Crippen LogP contribution in [-0.2, 0) is 24.2 Å². The van der Waals surface area contributed by atoms with Gasteiger partial charge in [0.15, 0.2) is 0 Å². The Bertz CT molecular complexity index is 705. The highest BCUT2D eigenvalue weighted by molar-refractivity contribution is 7.15. The number of carboxylic acid groups (broad SMARTS) is 1. The van der Waals surface area contributed by atoms with E-state index in [0.717, 1.165) is 11.4 Å². The quantitative estimate of drug-likeness (QED) is 0.849. The number of anilines is 1. The first-order chi connectivity index (χ1) is 10.5. The summed E-state index contributed by atoms with van der Waals surface area (Å²) in [4.78, 5) is 23.5. The van der Waals surface area contributed by atoms with E-state index in [1.165, 1.54) is 11.3 Å². The van der Waals surface area contributed by atoms with E-state index >= 15 is 0 Å². The summed E-state index contributed by atoms with van der Waals surface area (Å²) in [5.74, 6) is -1.31. The molecule has 22 heavy (non-hydrogen) atoms. The molecule has 0 bridgehead atoms. The van der Waals surface area contributed by atoms with Gasteiger partial charge in [0.25, 0.3) is 0 Å². The summed E-state index contributed by atoms with van der Waals surface area (Å²) in [7, 11) is 0. The molecule has 0 radical (unpaired) electrons. The van der Waals surface area contributed by atoms with Gasteiger partial charge >= 0.3 is 5.97 Å². The topological polar surface area (TPSA) is 97.1 Å². The molecule has 0 saturated heterocycles. The van der Waals surface area contributed by atoms with E-state index < -0.39 is 5.97 Å². The normalized spacial score (nSPS) is 10.7. The van der Waals surface area contributed by atoms with Crippen LogP contribution in [0.5, 0.6) is 0 Å². The zero-order valence-electron chi connectivity index (χ0n) is 12.7. The highest BCUT2D eigenvalue weighted by Crippen LogP contribution is 2.20. The molecule has 2 N–H and O–H groups in total. The zero-order valence-corrected chi connectivity index (χ0v) is 13.5. The maximum absolute atomic E-state index is 12.2. The van der Waals surface area contributed by atoms with Crippen molar-refractivity contribution in [1.82, 2.24) is 14.8 Å². The van der Waals surface area contributed by atoms with Gasteiger partial charge < -0.3 is 15.0 Å². The minimum atomic E-state index is -1.02. The summed E-state index contributed by atoms with van der Waals surface area (Å²) in [6, 6.07) is 0. The Hall–Kier alpha value is -2.22. The average Bonchev–Trinajstić information content (AvgIpc) is 3.02. The Morgan fingerprint density at radius 2 is 2.09 bits per heavy atom. The number of amides is 1. The fraction of sp³-hybridized carbons (Fsp3) is 0.429. The van der Waals surface area contributed by atoms with Gasteiger partial charge in [0.2, 0.25) is 11.0 Å². The molecule has 0 aliphatic rings. The Labute approximate surface area is 132 Å². The minimum absolute atomic E-state index is 0.00957. The molecule has 0 unspecified atom stereocenters. The van der Waals surface area contributed by atoms with Gasteiger partial charge in [-0.05, 0) is 25.8 Å². The van der Waals surface area contributed by atoms with Crippen molar-refractivity contribution < 1.29 is 14.7 Å². The average molecular weight is 322 g/mol. The highest BCUT2D eigenvalue weighted by atomic mass is 32.1. The van der Waals surface area contributed by atoms with Gasteiger partial charge in [-0.1, -0.05) is 18.3 Å². The second kappa shape index (κ2) is 6.69. The maximum atomic E-state index is 12.2. The second-order valence-corrected chi connectivity index (χ2v) is 5.87. The number of nitrogens with zero attached hydrogens (tertiary/aromatic N) is 3. The van der Waals surface area contributed by atoms with Crippen molar-refractivity contribution in [2.24, 2.45) is 0 Å². The van der Waals surface area contributed by atoms with Gasteiger partial charge in [-0.2, -0.15) is 0 Å². The molecule has 0 aliphatic heterocycles. The number of aromatic nitrogens is 3. The third-order valence-corrected chi connectivity index (χ3v) is 4.26. The SMILES string of the molecule is CCc1nnc(NC(=O)Cc2c(C(=O)O)c(C)cn2CC)s1. The molecular formula is C14H18N4O3S. The molecule has 0 aliphatic carbocycles. The van der Waals surface area contributed by atoms with Crippen LogP contribution in [0.3, 0.4) is 0 Å². The zero-order chi connectivity index (χ0) is 16.3. The summed E-state index contributed by atoms with van der Waals surface area (Å²) < 4.78 is 1.79. The van der Waals surface area contributed by atoms with Gasteiger partial charge in [-0.3, -0.25) is 4.79 Å². The summed E-state index contributed by atoms with van der Waals surface area (Å²) >= 11 is 1.32. The Morgan fingerprint density at radius 3 is 2.64 bits per heavy atom. The highest BCUT2D eigenvalue weighted by Gasteiger charge is 2.21. The lowest BCUT2D eigenvalue weighted by Crippen LogP contribution is -2.18. The fourth-order valence-corrected chi connectivity index (χ4v) is 2.97. The van der Waals surface area contributed by atoms with Crippen LogP contribution in [0, 0.1) is 6.92 Å². The van der Waals surface area contributed by atoms with Gasteiger partial charge in [-0.25, -0.2) is 4.79 Å². The van der Waals surface area contributed by atoms with Crippen LogP contribution in [-0.4, -0.2) is 31.7 Å². The Kier molecular flexibility index (Phi) is 4.92. The summed E-state index contributed by atoms with van der Waals surface area (Å²) in [5, 5.41) is 21.1. The lowest BCUT2D eigenvalue weighted by Gasteiger charge is -2.07. The van der Waals surface area contributed by atoms with Crippen molar-refractivity contribution >= 4 is 28.3 Å². The van der Waals surface area contributed by atoms with Crippen LogP contribution in [0.25, 0.3) is 0 Å². The van der Waals surface area contributed by atoms with Crippen molar-refractivity contribution in [3.8, 4) is 0 Å². The molecule has 0 atom stereocenters. The smallest absolute Gasteiger partial charge is 0.337 e. The van der Waals surface area contributed by atoms with Crippen molar-refractivity contribution in [3.05, 3.63) is 28.0 Å². The molecule has 2 heterocycles. The standard InChI is InChI=1S/C14H18N4O3S/c1-4-11-16-17-14(22-11)15-10(19)6-9-12(13(20)21)8(3)7-18(9)5-2/h7H,4-6H2,1-3H3,(H,20,21)(H,15,17,19). The summed E-state index contributed by atoms with van der Waals surface area (Å²) in [6.45, 7) is 6.21. The van der Waals surface area contributed by atoms with Crippen molar-refractivity contribution in [3.63, 3.8) is 0 Å². The number of hydrogen-bond acceptors (Lipinski definition) is 5. The second-order valence-electron chi connectivity index (χ2n) is 4.80. The molecule has 1 amide bonds. The van der Waals surface area contributed by atoms with E-state index in [0.29, 0.717) is 22.9 Å². The lowest BCUT2D eigenvalue weighted by molar-refractivity contribution is -0.115. The molecule has 8 heteroatoms. The third-order valence-electron chi connectivity index (χ3n) is 3.28. The van der Waals surface area contributed by atoms with E-state index in [1.807, 2.05) is 13.8 Å². The van der Waals surface area contributed by atoms with Gasteiger partial charge in [0.05, 0.1) is 12.0 Å². The van der Waals surface area contributed by atoms with E-state index in [2.05, 4.69) is 15.5 Å². The van der Waals surface area contributed by atoms with Crippen LogP contribution >= 0.6 is 11.3 Å². The number of aromatic carboxylic acids is 1. The van der Waals surface area contributed by atoms with E-state index in [1.54, 1.807) is 17.7 Å². The Balaban J connectivity index is 2.19. The monoisotopic (exact) mass is 322 g/mol. The predicted octanol–water partition coefficient (Wildman–Crippen LogP) is 2.11. The van der Waals surface area contributed by atoms with Crippen LogP contribution in [0.2, 0.25) is 0 Å². The molecule has 0 saturated carbocycles. The first-order valence-corrected chi connectivity index (χ1v) is 7.82. The van der Waals surface area contributed by atoms with Crippen molar-refractivity contribution in [1.29, 1.82) is 0 Å². The van der Waals surface area contributed by atoms with E-state index in [-0.39, 0.29) is 17.9 Å². The molecule has 0 fully saturated rings. The fourth-order valence-electron chi connectivity index (χ4n) is 2.27. The molecule has 2 rings (SSSR count). The molecule has 2 aromatic rings. The van der Waals surface area contributed by atoms with Gasteiger partial charge in [-0.15, -0.1) is 10.2 Å². The summed E-state index contributed by atoms with van der Waals surface area (Å²) in [6.07, 6.45) is 2.51. The molecule has 118 valence electrons. The number of rotatable bonds is 6. The third kappa shape index (κ3) is 3.33. The molecule has 0 aromatic carbocycles. The largest absolute Gasteiger partial charge is 0.478 e. The van der Waals surface area contributed by atoms with Gasteiger partial charge in [0.1, 0.15) is 5.01 Å². The number of carbonyl (C=O) groups is 2. The minimum Gasteiger partial charge on any atom is -0.478 e. The van der Waals surface area contributed by atoms with Crippen molar-refractivity contribution in [2.75, 3.05) is 5.32 Å². The molecule has 0 spiro atoms. The Morgan fingerprint density at radius 1 is 1.36 bits per heavy atom. The van der Waals surface area contributed by atoms with E-state index in [4.69, 9.17) is 0 Å². The number of carbonyl (C=O) groups excluding carboxylic acids is 1. The van der Waals surface area contributed by atoms with E-state index in [9.17, 15) is 14.7 Å². The van der Waals surface area contributed by atoms with Gasteiger partial charge in [0, 0.05) is 18.4 Å². The first-order valence-electron chi connectivity index (χ1n) is 7.00. The van der Waals surface area contributed by atoms with Crippen molar-refractivity contribution in [2.45, 2.75) is 40.2 Å². The molecule has 2 aromatic heterocycles. The number of hydrogen-bond donors (Lipinski definition) is 2. The molecule has 7 nitrogen and oxygen atoms in total. The summed E-state index contributed by atoms with van der Waals surface area (Å²) in [5.41, 5.74) is 1.36. The van der Waals surface area contributed by atoms with Crippen LogP contribution < -0.4 is 5.32 Å². The van der Waals surface area contributed by atoms with Crippen LogP contribution in [0.15, 0.2) is 6.20 Å². The number of nitrogens with one attached hydrogen (secondary N) is 1. The predicted molar refractivity (Wildman–Crippen MR) is 83.4 cm³/mol. The maximum Gasteiger partial charge on any atom is 0.337 e. The molecular weight excluding hydrogens is 304 g/mol. The lowest BCUT2D eigenvalue weighted by atomic mass is 10.1. The first kappa shape index (κ1) is 16.2. The van der Waals surface area contributed by atoms with Crippen LogP contribution in [0.1, 0.15) is 40.5 Å². The number of aryl methyl sites for hydroxylation is 3. The van der Waals surface area contributed by atoms with Crippen LogP contribution in [0.4, 0.5) is 5.13 Å². The number of carboxylic acids is 1.